The minimum atomic E-state index is -0.872. The molecule has 0 rings (SSSR count). The van der Waals surface area contributed by atoms with Crippen LogP contribution in [0.5, 0.6) is 0 Å². The van der Waals surface area contributed by atoms with Gasteiger partial charge in [-0.3, -0.25) is 4.79 Å². The average Bonchev–Trinajstić information content (AvgIpc) is 2.17. The minimum absolute atomic E-state index is 0.00352. The molecule has 0 aliphatic rings. The van der Waals surface area contributed by atoms with Crippen molar-refractivity contribution in [2.45, 2.75) is 63.6 Å². The summed E-state index contributed by atoms with van der Waals surface area (Å²) in [7, 11) is 3.09. The smallest absolute Gasteiger partial charge is 0.407 e. The number of nitrogens with one attached hydrogen (secondary N) is 1. The minimum Gasteiger partial charge on any atom is -0.481 e. The van der Waals surface area contributed by atoms with Gasteiger partial charge in [0.25, 0.3) is 0 Å². The molecule has 0 fully saturated rings. The number of aliphatic carboxylic acids is 1. The van der Waals surface area contributed by atoms with Crippen molar-refractivity contribution in [2.75, 3.05) is 6.54 Å². The zero-order chi connectivity index (χ0) is 16.0. The lowest BCUT2D eigenvalue weighted by molar-refractivity contribution is -0.136. The van der Waals surface area contributed by atoms with E-state index in [0.717, 1.165) is 0 Å². The average molecular weight is 323 g/mol. The Morgan fingerprint density at radius 1 is 1.20 bits per heavy atom. The Hall–Kier alpha value is -0.560. The van der Waals surface area contributed by atoms with Gasteiger partial charge in [0.15, 0.2) is 0 Å². The van der Waals surface area contributed by atoms with Crippen LogP contribution in [0.25, 0.3) is 0 Å². The first kappa shape index (κ1) is 19.4. The molecular formula is C13H25NO4S2. The number of hydrogen-bond acceptors (Lipinski definition) is 5. The van der Waals surface area contributed by atoms with Crippen LogP contribution in [0.1, 0.15) is 48.0 Å². The van der Waals surface area contributed by atoms with E-state index in [1.165, 1.54) is 10.8 Å². The van der Waals surface area contributed by atoms with Gasteiger partial charge in [0.1, 0.15) is 5.60 Å². The molecule has 0 aliphatic carbocycles. The first-order valence-electron chi connectivity index (χ1n) is 6.42. The summed E-state index contributed by atoms with van der Waals surface area (Å²) in [5.41, 5.74) is -0.556. The Morgan fingerprint density at radius 2 is 1.75 bits per heavy atom. The normalized spacial score (nSPS) is 13.7. The van der Waals surface area contributed by atoms with Crippen molar-refractivity contribution in [1.82, 2.24) is 5.32 Å². The number of hydrogen-bond donors (Lipinski definition) is 2. The summed E-state index contributed by atoms with van der Waals surface area (Å²) in [6, 6.07) is 0. The van der Waals surface area contributed by atoms with Crippen LogP contribution in [0, 0.1) is 0 Å². The third-order valence-corrected chi connectivity index (χ3v) is 5.52. The number of carbonyl (C=O) groups excluding carboxylic acids is 1. The second-order valence-corrected chi connectivity index (χ2v) is 9.72. The fourth-order valence-electron chi connectivity index (χ4n) is 1.06. The van der Waals surface area contributed by atoms with Gasteiger partial charge < -0.3 is 15.2 Å². The van der Waals surface area contributed by atoms with E-state index in [4.69, 9.17) is 9.84 Å². The number of rotatable bonds is 6. The van der Waals surface area contributed by atoms with E-state index < -0.39 is 17.7 Å². The Morgan fingerprint density at radius 3 is 2.15 bits per heavy atom. The molecule has 2 N–H and O–H groups in total. The maximum absolute atomic E-state index is 11.6. The Balaban J connectivity index is 4.29. The van der Waals surface area contributed by atoms with E-state index in [9.17, 15) is 9.59 Å². The maximum Gasteiger partial charge on any atom is 0.407 e. The van der Waals surface area contributed by atoms with Gasteiger partial charge >= 0.3 is 12.1 Å². The van der Waals surface area contributed by atoms with Crippen LogP contribution >= 0.6 is 21.6 Å². The Labute approximate surface area is 129 Å². The molecule has 0 saturated carbocycles. The number of amides is 1. The van der Waals surface area contributed by atoms with Gasteiger partial charge in [-0.1, -0.05) is 42.4 Å². The molecule has 1 amide bonds. The summed E-state index contributed by atoms with van der Waals surface area (Å²) >= 11 is 0. The monoisotopic (exact) mass is 323 g/mol. The fourth-order valence-corrected chi connectivity index (χ4v) is 3.53. The summed E-state index contributed by atoms with van der Waals surface area (Å²) in [6.45, 7) is 11.8. The van der Waals surface area contributed by atoms with E-state index in [2.05, 4.69) is 26.1 Å². The second kappa shape index (κ2) is 8.02. The molecule has 1 atom stereocenters. The van der Waals surface area contributed by atoms with Gasteiger partial charge in [0.05, 0.1) is 6.42 Å². The van der Waals surface area contributed by atoms with Crippen molar-refractivity contribution < 1.29 is 19.4 Å². The van der Waals surface area contributed by atoms with E-state index in [1.54, 1.807) is 31.6 Å². The molecule has 0 aliphatic heterocycles. The molecule has 0 aromatic carbocycles. The van der Waals surface area contributed by atoms with Gasteiger partial charge in [0, 0.05) is 16.5 Å². The summed E-state index contributed by atoms with van der Waals surface area (Å²) in [4.78, 5) is 22.4. The summed E-state index contributed by atoms with van der Waals surface area (Å²) in [5, 5.41) is 11.3. The number of alkyl carbamates (subject to hydrolysis) is 1. The third kappa shape index (κ3) is 12.5. The maximum atomic E-state index is 11.6. The zero-order valence-electron chi connectivity index (χ0n) is 13.0. The van der Waals surface area contributed by atoms with Gasteiger partial charge in [-0.25, -0.2) is 4.79 Å². The van der Waals surface area contributed by atoms with Gasteiger partial charge in [0.2, 0.25) is 0 Å². The molecule has 7 heteroatoms. The van der Waals surface area contributed by atoms with Crippen molar-refractivity contribution in [2.24, 2.45) is 0 Å². The lowest BCUT2D eigenvalue weighted by Gasteiger charge is -2.23. The molecule has 0 saturated heterocycles. The SMILES string of the molecule is CC(C)(C)OC(=O)NCC(CC(=O)O)SSC(C)(C)C. The highest BCUT2D eigenvalue weighted by Crippen LogP contribution is 2.38. The summed E-state index contributed by atoms with van der Waals surface area (Å²) in [6.07, 6.45) is -0.516. The predicted octanol–water partition coefficient (Wildman–Crippen LogP) is 3.53. The number of carboxylic acids is 1. The molecule has 0 bridgehead atoms. The van der Waals surface area contributed by atoms with Gasteiger partial charge in [-0.05, 0) is 20.8 Å². The molecule has 0 aromatic rings. The highest BCUT2D eigenvalue weighted by atomic mass is 33.1. The number of carbonyl (C=O) groups is 2. The van der Waals surface area contributed by atoms with Crippen LogP contribution in [-0.4, -0.2) is 39.3 Å². The van der Waals surface area contributed by atoms with Crippen molar-refractivity contribution in [3.8, 4) is 0 Å². The highest BCUT2D eigenvalue weighted by molar-refractivity contribution is 8.77. The Kier molecular flexibility index (Phi) is 7.80. The van der Waals surface area contributed by atoms with E-state index >= 15 is 0 Å². The molecule has 20 heavy (non-hydrogen) atoms. The number of carboxylic acid groups (broad SMARTS) is 1. The fraction of sp³-hybridized carbons (Fsp3) is 0.846. The van der Waals surface area contributed by atoms with Crippen molar-refractivity contribution in [3.63, 3.8) is 0 Å². The molecule has 118 valence electrons. The second-order valence-electron chi connectivity index (χ2n) is 6.39. The van der Waals surface area contributed by atoms with Crippen LogP contribution in [0.15, 0.2) is 0 Å². The van der Waals surface area contributed by atoms with Crippen LogP contribution in [0.3, 0.4) is 0 Å². The molecule has 0 radical (unpaired) electrons. The largest absolute Gasteiger partial charge is 0.481 e. The molecular weight excluding hydrogens is 298 g/mol. The lowest BCUT2D eigenvalue weighted by atomic mass is 10.2. The first-order chi connectivity index (χ1) is 8.89. The van der Waals surface area contributed by atoms with Crippen LogP contribution in [0.4, 0.5) is 4.79 Å². The van der Waals surface area contributed by atoms with E-state index in [0.29, 0.717) is 0 Å². The van der Waals surface area contributed by atoms with Crippen molar-refractivity contribution >= 4 is 33.7 Å². The highest BCUT2D eigenvalue weighted by Gasteiger charge is 2.21. The van der Waals surface area contributed by atoms with Crippen LogP contribution in [-0.2, 0) is 9.53 Å². The first-order valence-corrected chi connectivity index (χ1v) is 8.63. The molecule has 1 unspecified atom stereocenters. The Bertz CT molecular complexity index is 334. The third-order valence-electron chi connectivity index (χ3n) is 1.71. The molecule has 5 nitrogen and oxygen atoms in total. The quantitative estimate of drug-likeness (QED) is 0.728. The van der Waals surface area contributed by atoms with Crippen molar-refractivity contribution in [1.29, 1.82) is 0 Å². The standard InChI is InChI=1S/C13H25NO4S2/c1-12(2,3)18-11(17)14-8-9(7-10(15)16)19-20-13(4,5)6/h9H,7-8H2,1-6H3,(H,14,17)(H,15,16). The molecule has 0 aromatic heterocycles. The van der Waals surface area contributed by atoms with Crippen LogP contribution < -0.4 is 5.32 Å². The zero-order valence-corrected chi connectivity index (χ0v) is 14.6. The molecule has 0 heterocycles. The molecule has 0 spiro atoms. The topological polar surface area (TPSA) is 75.6 Å². The van der Waals surface area contributed by atoms with E-state index in [-0.39, 0.29) is 23.0 Å². The van der Waals surface area contributed by atoms with Crippen molar-refractivity contribution in [3.05, 3.63) is 0 Å². The van der Waals surface area contributed by atoms with Crippen LogP contribution in [0.2, 0.25) is 0 Å². The predicted molar refractivity (Wildman–Crippen MR) is 85.2 cm³/mol. The van der Waals surface area contributed by atoms with E-state index in [1.807, 2.05) is 0 Å². The lowest BCUT2D eigenvalue weighted by Crippen LogP contribution is -2.36. The summed E-state index contributed by atoms with van der Waals surface area (Å²) < 4.78 is 5.16. The van der Waals surface area contributed by atoms with Gasteiger partial charge in [-0.15, -0.1) is 0 Å². The van der Waals surface area contributed by atoms with Gasteiger partial charge in [-0.2, -0.15) is 0 Å². The summed E-state index contributed by atoms with van der Waals surface area (Å²) in [5.74, 6) is -0.872. The number of ether oxygens (including phenoxy) is 1.